The molecule has 4 heteroatoms. The Morgan fingerprint density at radius 1 is 1.39 bits per heavy atom. The number of rotatable bonds is 3. The molecule has 0 saturated heterocycles. The molecule has 3 rings (SSSR count). The zero-order chi connectivity index (χ0) is 12.7. The second-order valence-corrected chi connectivity index (χ2v) is 5.70. The van der Waals surface area contributed by atoms with Gasteiger partial charge < -0.3 is 5.11 Å². The van der Waals surface area contributed by atoms with Crippen molar-refractivity contribution in [2.75, 3.05) is 0 Å². The summed E-state index contributed by atoms with van der Waals surface area (Å²) in [5.74, 6) is 0.668. The first-order chi connectivity index (χ1) is 8.65. The summed E-state index contributed by atoms with van der Waals surface area (Å²) in [6.07, 6.45) is 4.07. The third-order valence-electron chi connectivity index (χ3n) is 3.31. The Morgan fingerprint density at radius 3 is 2.78 bits per heavy atom. The monoisotopic (exact) mass is 306 g/mol. The summed E-state index contributed by atoms with van der Waals surface area (Å²) in [6.45, 7) is 1.76. The van der Waals surface area contributed by atoms with Gasteiger partial charge in [-0.15, -0.1) is 0 Å². The van der Waals surface area contributed by atoms with Crippen LogP contribution in [0.4, 0.5) is 0 Å². The van der Waals surface area contributed by atoms with Crippen molar-refractivity contribution in [3.63, 3.8) is 0 Å². The first-order valence-electron chi connectivity index (χ1n) is 6.18. The van der Waals surface area contributed by atoms with E-state index in [1.54, 1.807) is 6.92 Å². The molecule has 1 atom stereocenters. The minimum absolute atomic E-state index is 0.449. The van der Waals surface area contributed by atoms with Crippen LogP contribution in [0.15, 0.2) is 34.9 Å². The molecule has 1 heterocycles. The summed E-state index contributed by atoms with van der Waals surface area (Å²) in [6, 6.07) is 7.95. The Labute approximate surface area is 115 Å². The maximum absolute atomic E-state index is 9.55. The van der Waals surface area contributed by atoms with E-state index in [1.165, 1.54) is 18.5 Å². The molecule has 1 fully saturated rings. The van der Waals surface area contributed by atoms with E-state index in [9.17, 15) is 5.11 Å². The molecule has 0 amide bonds. The maximum atomic E-state index is 9.55. The first-order valence-corrected chi connectivity index (χ1v) is 6.98. The van der Waals surface area contributed by atoms with Crippen molar-refractivity contribution in [1.29, 1.82) is 0 Å². The molecule has 1 aliphatic rings. The predicted molar refractivity (Wildman–Crippen MR) is 73.9 cm³/mol. The van der Waals surface area contributed by atoms with Gasteiger partial charge in [-0.25, -0.2) is 4.68 Å². The Balaban J connectivity index is 1.94. The number of halogens is 1. The fourth-order valence-corrected chi connectivity index (χ4v) is 2.62. The largest absolute Gasteiger partial charge is 0.389 e. The lowest BCUT2D eigenvalue weighted by molar-refractivity contribution is 0.199. The molecule has 2 aromatic rings. The van der Waals surface area contributed by atoms with Gasteiger partial charge in [-0.3, -0.25) is 0 Å². The van der Waals surface area contributed by atoms with Crippen LogP contribution < -0.4 is 0 Å². The standard InChI is InChI=1S/C14H15BrN2O/c1-9(18)11-4-5-14(12(15)8-11)17-7-6-13(16-17)10-2-3-10/h4-10,18H,2-3H2,1H3/t9-/m0/s1. The van der Waals surface area contributed by atoms with Crippen LogP contribution in [0.25, 0.3) is 5.69 Å². The lowest BCUT2D eigenvalue weighted by Gasteiger charge is -2.09. The summed E-state index contributed by atoms with van der Waals surface area (Å²) >= 11 is 3.54. The van der Waals surface area contributed by atoms with Crippen molar-refractivity contribution < 1.29 is 5.11 Å². The van der Waals surface area contributed by atoms with Gasteiger partial charge in [0.2, 0.25) is 0 Å². The Morgan fingerprint density at radius 2 is 2.17 bits per heavy atom. The van der Waals surface area contributed by atoms with E-state index in [4.69, 9.17) is 0 Å². The number of nitrogens with zero attached hydrogens (tertiary/aromatic N) is 2. The van der Waals surface area contributed by atoms with E-state index in [0.29, 0.717) is 5.92 Å². The number of hydrogen-bond acceptors (Lipinski definition) is 2. The SMILES string of the molecule is C[C@H](O)c1ccc(-n2ccc(C3CC3)n2)c(Br)c1. The third-order valence-corrected chi connectivity index (χ3v) is 3.94. The summed E-state index contributed by atoms with van der Waals surface area (Å²) in [5.41, 5.74) is 3.09. The molecular formula is C14H15BrN2O. The first kappa shape index (κ1) is 11.9. The fraction of sp³-hybridized carbons (Fsp3) is 0.357. The summed E-state index contributed by atoms with van der Waals surface area (Å²) in [4.78, 5) is 0. The van der Waals surface area contributed by atoms with Crippen LogP contribution in [0, 0.1) is 0 Å². The van der Waals surface area contributed by atoms with Crippen molar-refractivity contribution in [2.24, 2.45) is 0 Å². The molecule has 1 N–H and O–H groups in total. The molecule has 94 valence electrons. The van der Waals surface area contributed by atoms with E-state index < -0.39 is 6.10 Å². The van der Waals surface area contributed by atoms with Crippen molar-refractivity contribution in [2.45, 2.75) is 31.8 Å². The van der Waals surface area contributed by atoms with Gasteiger partial charge in [0.1, 0.15) is 0 Å². The van der Waals surface area contributed by atoms with Gasteiger partial charge in [0, 0.05) is 16.6 Å². The minimum Gasteiger partial charge on any atom is -0.389 e. The molecule has 1 aromatic heterocycles. The molecule has 0 radical (unpaired) electrons. The second kappa shape index (κ2) is 4.52. The van der Waals surface area contributed by atoms with Gasteiger partial charge >= 0.3 is 0 Å². The maximum Gasteiger partial charge on any atom is 0.0787 e. The summed E-state index contributed by atoms with van der Waals surface area (Å²) in [7, 11) is 0. The summed E-state index contributed by atoms with van der Waals surface area (Å²) < 4.78 is 2.84. The number of aromatic nitrogens is 2. The Bertz CT molecular complexity index is 573. The normalized spacial score (nSPS) is 16.8. The molecule has 1 saturated carbocycles. The molecule has 0 unspecified atom stereocenters. The van der Waals surface area contributed by atoms with Gasteiger partial charge in [0.05, 0.1) is 17.5 Å². The van der Waals surface area contributed by atoms with Crippen molar-refractivity contribution >= 4 is 15.9 Å². The zero-order valence-electron chi connectivity index (χ0n) is 10.2. The molecule has 0 spiro atoms. The highest BCUT2D eigenvalue weighted by Crippen LogP contribution is 2.39. The zero-order valence-corrected chi connectivity index (χ0v) is 11.8. The highest BCUT2D eigenvalue weighted by Gasteiger charge is 2.26. The molecule has 1 aromatic carbocycles. The van der Waals surface area contributed by atoms with Crippen LogP contribution in [0.3, 0.4) is 0 Å². The van der Waals surface area contributed by atoms with E-state index in [0.717, 1.165) is 15.7 Å². The van der Waals surface area contributed by atoms with E-state index in [-0.39, 0.29) is 0 Å². The van der Waals surface area contributed by atoms with Gasteiger partial charge in [-0.05, 0) is 59.5 Å². The highest BCUT2D eigenvalue weighted by atomic mass is 79.9. The number of benzene rings is 1. The lowest BCUT2D eigenvalue weighted by Crippen LogP contribution is -1.99. The molecule has 3 nitrogen and oxygen atoms in total. The van der Waals surface area contributed by atoms with Crippen LogP contribution in [-0.4, -0.2) is 14.9 Å². The van der Waals surface area contributed by atoms with Crippen molar-refractivity contribution in [3.05, 3.63) is 46.2 Å². The van der Waals surface area contributed by atoms with Crippen LogP contribution in [-0.2, 0) is 0 Å². The van der Waals surface area contributed by atoms with Gasteiger partial charge in [0.15, 0.2) is 0 Å². The Kier molecular flexibility index (Phi) is 2.99. The highest BCUT2D eigenvalue weighted by molar-refractivity contribution is 9.10. The predicted octanol–water partition coefficient (Wildman–Crippen LogP) is 3.57. The van der Waals surface area contributed by atoms with Crippen molar-refractivity contribution in [3.8, 4) is 5.69 Å². The van der Waals surface area contributed by atoms with Gasteiger partial charge in [-0.1, -0.05) is 6.07 Å². The molecule has 0 aliphatic heterocycles. The minimum atomic E-state index is -0.449. The number of aliphatic hydroxyl groups excluding tert-OH is 1. The lowest BCUT2D eigenvalue weighted by atomic mass is 10.1. The molecule has 0 bridgehead atoms. The van der Waals surface area contributed by atoms with Crippen LogP contribution in [0.5, 0.6) is 0 Å². The van der Waals surface area contributed by atoms with Gasteiger partial charge in [-0.2, -0.15) is 5.10 Å². The Hall–Kier alpha value is -1.13. The van der Waals surface area contributed by atoms with E-state index >= 15 is 0 Å². The van der Waals surface area contributed by atoms with E-state index in [1.807, 2.05) is 29.1 Å². The molecule has 18 heavy (non-hydrogen) atoms. The molecular weight excluding hydrogens is 292 g/mol. The fourth-order valence-electron chi connectivity index (χ4n) is 2.04. The molecule has 1 aliphatic carbocycles. The van der Waals surface area contributed by atoms with Crippen molar-refractivity contribution in [1.82, 2.24) is 9.78 Å². The van der Waals surface area contributed by atoms with Gasteiger partial charge in [0.25, 0.3) is 0 Å². The van der Waals surface area contributed by atoms with Crippen LogP contribution >= 0.6 is 15.9 Å². The average molecular weight is 307 g/mol. The van der Waals surface area contributed by atoms with Crippen LogP contribution in [0.1, 0.15) is 43.0 Å². The second-order valence-electron chi connectivity index (χ2n) is 4.85. The quantitative estimate of drug-likeness (QED) is 0.941. The smallest absolute Gasteiger partial charge is 0.0787 e. The van der Waals surface area contributed by atoms with E-state index in [2.05, 4.69) is 27.1 Å². The average Bonchev–Trinajstić information content (AvgIpc) is 3.08. The third kappa shape index (κ3) is 2.22. The number of aliphatic hydroxyl groups is 1. The van der Waals surface area contributed by atoms with Crippen LogP contribution in [0.2, 0.25) is 0 Å². The summed E-state index contributed by atoms with van der Waals surface area (Å²) in [5, 5.41) is 14.2. The number of hydrogen-bond donors (Lipinski definition) is 1. The topological polar surface area (TPSA) is 38.0 Å².